The molecule has 0 amide bonds. The Morgan fingerprint density at radius 3 is 2.22 bits per heavy atom. The van der Waals surface area contributed by atoms with Crippen LogP contribution in [0.5, 0.6) is 0 Å². The Hall–Kier alpha value is -1.29. The number of hydrogen-bond acceptors (Lipinski definition) is 2. The zero-order valence-corrected chi connectivity index (χ0v) is 11.6. The molecule has 5 heteroatoms. The van der Waals surface area contributed by atoms with Gasteiger partial charge in [-0.05, 0) is 42.5 Å². The highest BCUT2D eigenvalue weighted by Crippen LogP contribution is 2.25. The van der Waals surface area contributed by atoms with Gasteiger partial charge in [-0.25, -0.2) is 0 Å². The first-order valence-corrected chi connectivity index (χ1v) is 6.34. The average Bonchev–Trinajstić information content (AvgIpc) is 2.32. The van der Waals surface area contributed by atoms with Crippen LogP contribution in [-0.2, 0) is 0 Å². The topological polar surface area (TPSA) is 38.0 Å². The smallest absolute Gasteiger partial charge is 0.106 e. The van der Waals surface area contributed by atoms with E-state index >= 15 is 0 Å². The van der Waals surface area contributed by atoms with Crippen LogP contribution in [0.15, 0.2) is 42.5 Å². The monoisotopic (exact) mass is 296 g/mol. The van der Waals surface area contributed by atoms with Gasteiger partial charge in [0.25, 0.3) is 0 Å². The molecule has 0 fully saturated rings. The van der Waals surface area contributed by atoms with E-state index in [0.29, 0.717) is 15.0 Å². The van der Waals surface area contributed by atoms with Gasteiger partial charge in [0.05, 0.1) is 5.69 Å². The highest BCUT2D eigenvalue weighted by molar-refractivity contribution is 7.80. The molecule has 0 aromatic heterocycles. The maximum Gasteiger partial charge on any atom is 0.106 e. The molecule has 0 atom stereocenters. The summed E-state index contributed by atoms with van der Waals surface area (Å²) < 4.78 is 0. The van der Waals surface area contributed by atoms with Gasteiger partial charge >= 0.3 is 0 Å². The van der Waals surface area contributed by atoms with Crippen LogP contribution in [0.1, 0.15) is 5.56 Å². The summed E-state index contributed by atoms with van der Waals surface area (Å²) in [4.78, 5) is 0.322. The first kappa shape index (κ1) is 13.1. The Morgan fingerprint density at radius 2 is 1.61 bits per heavy atom. The lowest BCUT2D eigenvalue weighted by molar-refractivity contribution is 1.52. The summed E-state index contributed by atoms with van der Waals surface area (Å²) in [5.41, 5.74) is 8.09. The van der Waals surface area contributed by atoms with Crippen LogP contribution in [0.2, 0.25) is 10.0 Å². The Morgan fingerprint density at radius 1 is 1.00 bits per heavy atom. The van der Waals surface area contributed by atoms with E-state index in [0.717, 1.165) is 16.9 Å². The van der Waals surface area contributed by atoms with E-state index in [2.05, 4.69) is 5.32 Å². The van der Waals surface area contributed by atoms with Gasteiger partial charge in [0.1, 0.15) is 4.99 Å². The minimum Gasteiger partial charge on any atom is -0.389 e. The van der Waals surface area contributed by atoms with E-state index in [9.17, 15) is 0 Å². The van der Waals surface area contributed by atoms with Gasteiger partial charge in [-0.2, -0.15) is 0 Å². The molecule has 2 aromatic carbocycles. The zero-order chi connectivity index (χ0) is 13.1. The maximum atomic E-state index is 5.97. The van der Waals surface area contributed by atoms with Crippen molar-refractivity contribution in [2.75, 3.05) is 5.32 Å². The molecule has 0 saturated heterocycles. The van der Waals surface area contributed by atoms with Crippen LogP contribution in [-0.4, -0.2) is 4.99 Å². The van der Waals surface area contributed by atoms with Crippen LogP contribution in [0.25, 0.3) is 0 Å². The number of anilines is 2. The highest BCUT2D eigenvalue weighted by atomic mass is 35.5. The summed E-state index contributed by atoms with van der Waals surface area (Å²) in [6.45, 7) is 0. The number of nitrogens with one attached hydrogen (secondary N) is 1. The summed E-state index contributed by atoms with van der Waals surface area (Å²) in [7, 11) is 0. The third-order valence-electron chi connectivity index (χ3n) is 2.37. The third-order valence-corrected chi connectivity index (χ3v) is 3.08. The summed E-state index contributed by atoms with van der Waals surface area (Å²) in [5.74, 6) is 0. The van der Waals surface area contributed by atoms with Crippen LogP contribution < -0.4 is 11.1 Å². The van der Waals surface area contributed by atoms with E-state index in [-0.39, 0.29) is 0 Å². The minimum absolute atomic E-state index is 0.322. The minimum atomic E-state index is 0.322. The molecule has 92 valence electrons. The molecule has 3 N–H and O–H groups in total. The van der Waals surface area contributed by atoms with Crippen molar-refractivity contribution in [1.82, 2.24) is 0 Å². The van der Waals surface area contributed by atoms with E-state index in [1.54, 1.807) is 30.3 Å². The van der Waals surface area contributed by atoms with Crippen LogP contribution >= 0.6 is 35.4 Å². The fourth-order valence-corrected chi connectivity index (χ4v) is 2.00. The molecule has 18 heavy (non-hydrogen) atoms. The normalized spacial score (nSPS) is 10.1. The molecule has 0 unspecified atom stereocenters. The highest BCUT2D eigenvalue weighted by Gasteiger charge is 2.06. The molecular weight excluding hydrogens is 287 g/mol. The SMILES string of the molecule is NC(=S)c1ccc(Cl)cc1Nc1ccc(Cl)cc1. The number of nitrogens with two attached hydrogens (primary N) is 1. The molecule has 0 aliphatic heterocycles. The molecule has 0 radical (unpaired) electrons. The van der Waals surface area contributed by atoms with Gasteiger partial charge < -0.3 is 11.1 Å². The van der Waals surface area contributed by atoms with Gasteiger partial charge in [0.15, 0.2) is 0 Å². The van der Waals surface area contributed by atoms with Gasteiger partial charge in [0, 0.05) is 21.3 Å². The molecule has 2 nitrogen and oxygen atoms in total. The number of hydrogen-bond donors (Lipinski definition) is 2. The summed E-state index contributed by atoms with van der Waals surface area (Å²) in [5, 5.41) is 4.51. The Bertz CT molecular complexity index is 582. The van der Waals surface area contributed by atoms with E-state index < -0.39 is 0 Å². The quantitative estimate of drug-likeness (QED) is 0.826. The van der Waals surface area contributed by atoms with Crippen molar-refractivity contribution in [3.63, 3.8) is 0 Å². The molecule has 0 aliphatic rings. The summed E-state index contributed by atoms with van der Waals surface area (Å²) in [6, 6.07) is 12.7. The fourth-order valence-electron chi connectivity index (χ4n) is 1.52. The summed E-state index contributed by atoms with van der Waals surface area (Å²) in [6.07, 6.45) is 0. The van der Waals surface area contributed by atoms with Crippen LogP contribution in [0, 0.1) is 0 Å². The van der Waals surface area contributed by atoms with E-state index in [1.165, 1.54) is 0 Å². The van der Waals surface area contributed by atoms with Crippen molar-refractivity contribution in [3.8, 4) is 0 Å². The summed E-state index contributed by atoms with van der Waals surface area (Å²) >= 11 is 16.8. The third kappa shape index (κ3) is 3.13. The second kappa shape index (κ2) is 5.57. The van der Waals surface area contributed by atoms with Crippen molar-refractivity contribution in [1.29, 1.82) is 0 Å². The molecule has 0 aliphatic carbocycles. The molecular formula is C13H10Cl2N2S. The Kier molecular flexibility index (Phi) is 4.07. The second-order valence-electron chi connectivity index (χ2n) is 3.69. The van der Waals surface area contributed by atoms with Crippen LogP contribution in [0.3, 0.4) is 0 Å². The van der Waals surface area contributed by atoms with Crippen molar-refractivity contribution >= 4 is 51.8 Å². The van der Waals surface area contributed by atoms with E-state index in [1.807, 2.05) is 12.1 Å². The predicted octanol–water partition coefficient (Wildman–Crippen LogP) is 4.37. The number of thiocarbonyl (C=S) groups is 1. The van der Waals surface area contributed by atoms with Crippen molar-refractivity contribution in [2.24, 2.45) is 5.73 Å². The van der Waals surface area contributed by atoms with Crippen molar-refractivity contribution < 1.29 is 0 Å². The van der Waals surface area contributed by atoms with E-state index in [4.69, 9.17) is 41.2 Å². The number of benzene rings is 2. The zero-order valence-electron chi connectivity index (χ0n) is 9.28. The van der Waals surface area contributed by atoms with Gasteiger partial charge in [-0.3, -0.25) is 0 Å². The number of rotatable bonds is 3. The Labute approximate surface area is 121 Å². The lowest BCUT2D eigenvalue weighted by atomic mass is 10.1. The number of halogens is 2. The van der Waals surface area contributed by atoms with Crippen molar-refractivity contribution in [2.45, 2.75) is 0 Å². The fraction of sp³-hybridized carbons (Fsp3) is 0. The second-order valence-corrected chi connectivity index (χ2v) is 5.00. The lowest BCUT2D eigenvalue weighted by Crippen LogP contribution is -2.11. The molecule has 0 spiro atoms. The average molecular weight is 297 g/mol. The maximum absolute atomic E-state index is 5.97. The molecule has 0 saturated carbocycles. The largest absolute Gasteiger partial charge is 0.389 e. The molecule has 0 heterocycles. The first-order chi connectivity index (χ1) is 8.56. The van der Waals surface area contributed by atoms with Crippen LogP contribution in [0.4, 0.5) is 11.4 Å². The first-order valence-electron chi connectivity index (χ1n) is 5.18. The van der Waals surface area contributed by atoms with Crippen molar-refractivity contribution in [3.05, 3.63) is 58.1 Å². The molecule has 2 aromatic rings. The van der Waals surface area contributed by atoms with Gasteiger partial charge in [-0.15, -0.1) is 0 Å². The molecule has 0 bridgehead atoms. The lowest BCUT2D eigenvalue weighted by Gasteiger charge is -2.11. The Balaban J connectivity index is 2.35. The predicted molar refractivity (Wildman–Crippen MR) is 82.1 cm³/mol. The standard InChI is InChI=1S/C13H10Cl2N2S/c14-8-1-4-10(5-2-8)17-12-7-9(15)3-6-11(12)13(16)18/h1-7,17H,(H2,16,18). The molecule has 2 rings (SSSR count). The van der Waals surface area contributed by atoms with Gasteiger partial charge in [-0.1, -0.05) is 35.4 Å². The van der Waals surface area contributed by atoms with Gasteiger partial charge in [0.2, 0.25) is 0 Å².